The van der Waals surface area contributed by atoms with Crippen LogP contribution in [0.15, 0.2) is 30.3 Å². The van der Waals surface area contributed by atoms with Gasteiger partial charge in [0.2, 0.25) is 5.91 Å². The number of carbonyl (C=O) groups is 1. The lowest BCUT2D eigenvalue weighted by molar-refractivity contribution is -0.137. The highest BCUT2D eigenvalue weighted by Gasteiger charge is 2.30. The molecule has 1 heterocycles. The molecule has 1 aromatic carbocycles. The molecule has 7 heteroatoms. The fraction of sp³-hybridized carbons (Fsp3) is 0.600. The first-order valence-electron chi connectivity index (χ1n) is 11.6. The van der Waals surface area contributed by atoms with Gasteiger partial charge in [-0.25, -0.2) is 0 Å². The second-order valence-corrected chi connectivity index (χ2v) is 8.94. The second kappa shape index (κ2) is 11.5. The van der Waals surface area contributed by atoms with Gasteiger partial charge < -0.3 is 5.32 Å². The van der Waals surface area contributed by atoms with E-state index < -0.39 is 11.7 Å². The molecule has 1 aliphatic carbocycles. The predicted molar refractivity (Wildman–Crippen MR) is 118 cm³/mol. The number of hydrogen-bond acceptors (Lipinski definition) is 3. The first kappa shape index (κ1) is 24.3. The van der Waals surface area contributed by atoms with Gasteiger partial charge in [-0.2, -0.15) is 18.4 Å². The lowest BCUT2D eigenvalue weighted by atomic mass is 9.84. The van der Waals surface area contributed by atoms with Gasteiger partial charge in [0.25, 0.3) is 0 Å². The van der Waals surface area contributed by atoms with Crippen LogP contribution < -0.4 is 5.32 Å². The fourth-order valence-electron chi connectivity index (χ4n) is 4.64. The molecule has 1 N–H and O–H groups in total. The lowest BCUT2D eigenvalue weighted by Gasteiger charge is -2.32. The van der Waals surface area contributed by atoms with E-state index in [1.807, 2.05) is 0 Å². The quantitative estimate of drug-likeness (QED) is 0.532. The Balaban J connectivity index is 1.35. The van der Waals surface area contributed by atoms with E-state index in [9.17, 15) is 18.0 Å². The van der Waals surface area contributed by atoms with E-state index in [0.717, 1.165) is 81.4 Å². The largest absolute Gasteiger partial charge is 0.416 e. The SMILES string of the molecule is N#CCCCC(=O)NC1CCC(CCN2CC=C(c3ccc(C(F)(F)F)cc3)CC2)CC1. The van der Waals surface area contributed by atoms with Crippen molar-refractivity contribution in [2.45, 2.75) is 70.0 Å². The van der Waals surface area contributed by atoms with E-state index in [2.05, 4.69) is 22.4 Å². The first-order valence-corrected chi connectivity index (χ1v) is 11.6. The molecule has 1 amide bonds. The molecule has 0 unspecified atom stereocenters. The van der Waals surface area contributed by atoms with E-state index in [-0.39, 0.29) is 11.9 Å². The Labute approximate surface area is 188 Å². The molecule has 2 aliphatic rings. The Morgan fingerprint density at radius 2 is 1.88 bits per heavy atom. The Morgan fingerprint density at radius 3 is 2.47 bits per heavy atom. The van der Waals surface area contributed by atoms with Crippen LogP contribution in [-0.4, -0.2) is 36.5 Å². The maximum absolute atomic E-state index is 12.7. The van der Waals surface area contributed by atoms with E-state index in [4.69, 9.17) is 5.26 Å². The Kier molecular flexibility index (Phi) is 8.75. The van der Waals surface area contributed by atoms with E-state index in [1.54, 1.807) is 12.1 Å². The van der Waals surface area contributed by atoms with Gasteiger partial charge in [-0.1, -0.05) is 18.2 Å². The fourth-order valence-corrected chi connectivity index (χ4v) is 4.64. The third-order valence-corrected chi connectivity index (χ3v) is 6.63. The molecule has 0 radical (unpaired) electrons. The minimum atomic E-state index is -4.29. The zero-order chi connectivity index (χ0) is 23.0. The van der Waals surface area contributed by atoms with Crippen molar-refractivity contribution in [3.63, 3.8) is 0 Å². The highest BCUT2D eigenvalue weighted by atomic mass is 19.4. The molecule has 0 aromatic heterocycles. The number of amides is 1. The monoisotopic (exact) mass is 447 g/mol. The molecule has 4 nitrogen and oxygen atoms in total. The molecule has 1 saturated carbocycles. The summed E-state index contributed by atoms with van der Waals surface area (Å²) in [7, 11) is 0. The first-order chi connectivity index (χ1) is 15.3. The standard InChI is InChI=1S/C25H32F3N3O/c26-25(27,28)22-8-6-20(7-9-22)21-13-17-31(18-14-21)16-12-19-4-10-23(11-5-19)30-24(32)3-1-2-15-29/h6-9,13,19,23H,1-5,10-12,14,16-18H2,(H,30,32). The van der Waals surface area contributed by atoms with Gasteiger partial charge >= 0.3 is 6.18 Å². The van der Waals surface area contributed by atoms with Gasteiger partial charge in [0.05, 0.1) is 11.6 Å². The zero-order valence-corrected chi connectivity index (χ0v) is 18.5. The van der Waals surface area contributed by atoms with Crippen molar-refractivity contribution in [2.75, 3.05) is 19.6 Å². The molecule has 174 valence electrons. The van der Waals surface area contributed by atoms with Crippen molar-refractivity contribution < 1.29 is 18.0 Å². The van der Waals surface area contributed by atoms with Gasteiger partial charge in [0.15, 0.2) is 0 Å². The summed E-state index contributed by atoms with van der Waals surface area (Å²) in [5, 5.41) is 11.7. The van der Waals surface area contributed by atoms with Crippen LogP contribution in [0.25, 0.3) is 5.57 Å². The highest BCUT2D eigenvalue weighted by molar-refractivity contribution is 5.76. The molecule has 0 bridgehead atoms. The van der Waals surface area contributed by atoms with Crippen molar-refractivity contribution in [1.82, 2.24) is 10.2 Å². The predicted octanol–water partition coefficient (Wildman–Crippen LogP) is 5.55. The number of unbranched alkanes of at least 4 members (excludes halogenated alkanes) is 1. The van der Waals surface area contributed by atoms with Crippen LogP contribution in [0.3, 0.4) is 0 Å². The molecular weight excluding hydrogens is 415 g/mol. The number of alkyl halides is 3. The van der Waals surface area contributed by atoms with Gasteiger partial charge in [-0.15, -0.1) is 0 Å². The maximum Gasteiger partial charge on any atom is 0.416 e. The molecule has 0 saturated heterocycles. The number of carbonyl (C=O) groups excluding carboxylic acids is 1. The molecule has 3 rings (SSSR count). The van der Waals surface area contributed by atoms with Crippen LogP contribution >= 0.6 is 0 Å². The number of nitriles is 1. The van der Waals surface area contributed by atoms with Gasteiger partial charge in [-0.3, -0.25) is 9.69 Å². The second-order valence-electron chi connectivity index (χ2n) is 8.94. The minimum Gasteiger partial charge on any atom is -0.353 e. The number of benzene rings is 1. The number of rotatable bonds is 8. The molecule has 0 atom stereocenters. The number of nitrogens with zero attached hydrogens (tertiary/aromatic N) is 2. The van der Waals surface area contributed by atoms with Gasteiger partial charge in [0.1, 0.15) is 0 Å². The van der Waals surface area contributed by atoms with Crippen molar-refractivity contribution in [1.29, 1.82) is 5.26 Å². The maximum atomic E-state index is 12.7. The summed E-state index contributed by atoms with van der Waals surface area (Å²) >= 11 is 0. The summed E-state index contributed by atoms with van der Waals surface area (Å²) in [4.78, 5) is 14.3. The van der Waals surface area contributed by atoms with E-state index in [0.29, 0.717) is 25.2 Å². The highest BCUT2D eigenvalue weighted by Crippen LogP contribution is 2.32. The summed E-state index contributed by atoms with van der Waals surface area (Å²) < 4.78 is 38.2. The summed E-state index contributed by atoms with van der Waals surface area (Å²) in [6.07, 6.45) is 5.64. The van der Waals surface area contributed by atoms with Crippen molar-refractivity contribution in [2.24, 2.45) is 5.92 Å². The van der Waals surface area contributed by atoms with Crippen molar-refractivity contribution in [3.8, 4) is 6.07 Å². The average molecular weight is 448 g/mol. The average Bonchev–Trinajstić information content (AvgIpc) is 2.79. The summed E-state index contributed by atoms with van der Waals surface area (Å²) in [5.74, 6) is 0.745. The number of halogens is 3. The molecule has 1 fully saturated rings. The third kappa shape index (κ3) is 7.37. The van der Waals surface area contributed by atoms with Crippen molar-refractivity contribution >= 4 is 11.5 Å². The van der Waals surface area contributed by atoms with Gasteiger partial charge in [-0.05, 0) is 80.7 Å². The van der Waals surface area contributed by atoms with Crippen LogP contribution in [0.2, 0.25) is 0 Å². The summed E-state index contributed by atoms with van der Waals surface area (Å²) in [6.45, 7) is 2.80. The van der Waals surface area contributed by atoms with Crippen LogP contribution in [0, 0.1) is 17.2 Å². The van der Waals surface area contributed by atoms with E-state index in [1.165, 1.54) is 0 Å². The minimum absolute atomic E-state index is 0.0626. The summed E-state index contributed by atoms with van der Waals surface area (Å²) in [5.41, 5.74) is 1.40. The number of nitrogens with one attached hydrogen (secondary N) is 1. The van der Waals surface area contributed by atoms with Crippen LogP contribution in [-0.2, 0) is 11.0 Å². The number of hydrogen-bond donors (Lipinski definition) is 1. The smallest absolute Gasteiger partial charge is 0.353 e. The van der Waals surface area contributed by atoms with E-state index >= 15 is 0 Å². The topological polar surface area (TPSA) is 56.1 Å². The normalized spacial score (nSPS) is 22.1. The Morgan fingerprint density at radius 1 is 1.16 bits per heavy atom. The Hall–Kier alpha value is -2.33. The zero-order valence-electron chi connectivity index (χ0n) is 18.5. The molecule has 32 heavy (non-hydrogen) atoms. The summed E-state index contributed by atoms with van der Waals surface area (Å²) in [6, 6.07) is 7.80. The van der Waals surface area contributed by atoms with Gasteiger partial charge in [0, 0.05) is 32.0 Å². The van der Waals surface area contributed by atoms with Crippen LogP contribution in [0.5, 0.6) is 0 Å². The molecule has 1 aromatic rings. The van der Waals surface area contributed by atoms with Crippen LogP contribution in [0.1, 0.15) is 68.9 Å². The van der Waals surface area contributed by atoms with Crippen molar-refractivity contribution in [3.05, 3.63) is 41.5 Å². The third-order valence-electron chi connectivity index (χ3n) is 6.63. The molecule has 0 spiro atoms. The Bertz CT molecular complexity index is 818. The van der Waals surface area contributed by atoms with Crippen LogP contribution in [0.4, 0.5) is 13.2 Å². The lowest BCUT2D eigenvalue weighted by Crippen LogP contribution is -2.38. The molecule has 1 aliphatic heterocycles. The molecular formula is C25H32F3N3O.